The van der Waals surface area contributed by atoms with Gasteiger partial charge in [-0.1, -0.05) is 116 Å². The van der Waals surface area contributed by atoms with Gasteiger partial charge in [-0.15, -0.1) is 0 Å². The molecule has 43 heavy (non-hydrogen) atoms. The molecule has 0 aromatic carbocycles. The third-order valence-electron chi connectivity index (χ3n) is 7.18. The zero-order valence-corrected chi connectivity index (χ0v) is 28.8. The second kappa shape index (κ2) is 23.8. The zero-order valence-electron chi connectivity index (χ0n) is 27.9. The van der Waals surface area contributed by atoms with Crippen molar-refractivity contribution < 1.29 is 42.4 Å². The lowest BCUT2D eigenvalue weighted by molar-refractivity contribution is -0.873. The van der Waals surface area contributed by atoms with Crippen molar-refractivity contribution in [2.45, 2.75) is 142 Å². The fourth-order valence-corrected chi connectivity index (χ4v) is 5.47. The number of esters is 2. The highest BCUT2D eigenvalue weighted by Crippen LogP contribution is 2.35. The Balaban J connectivity index is 4.34. The third kappa shape index (κ3) is 26.6. The van der Waals surface area contributed by atoms with E-state index in [1.54, 1.807) is 0 Å². The highest BCUT2D eigenvalue weighted by molar-refractivity contribution is 7.44. The van der Waals surface area contributed by atoms with Crippen LogP contribution in [0.2, 0.25) is 0 Å². The standard InChI is InChI=1S/C33H62NO8P/c1-8-9-10-11-12-13-14-15-16-17-18-19-20-21-22-23-24-40-33(36)29(4)25-30(41-32(35)28(2)3)26-31(27-34(5,6)7)42-43(37,38)39/h30-31H,2,4,8-27H2,1,3,5-7H3,(H-,37,38,39). The number of rotatable bonds is 28. The molecule has 0 aliphatic rings. The second-order valence-electron chi connectivity index (χ2n) is 13.0. The number of phosphoric ester groups is 1. The van der Waals surface area contributed by atoms with Gasteiger partial charge in [-0.3, -0.25) is 4.57 Å². The van der Waals surface area contributed by atoms with E-state index in [9.17, 15) is 23.9 Å². The highest BCUT2D eigenvalue weighted by Gasteiger charge is 2.29. The van der Waals surface area contributed by atoms with E-state index in [0.717, 1.165) is 19.3 Å². The molecule has 0 radical (unpaired) electrons. The van der Waals surface area contributed by atoms with E-state index in [0.29, 0.717) is 4.48 Å². The van der Waals surface area contributed by atoms with Gasteiger partial charge in [0.2, 0.25) is 0 Å². The summed E-state index contributed by atoms with van der Waals surface area (Å²) in [4.78, 5) is 45.5. The first-order chi connectivity index (χ1) is 20.1. The minimum atomic E-state index is -5.05. The van der Waals surface area contributed by atoms with Crippen molar-refractivity contribution in [3.8, 4) is 0 Å². The number of phosphoric acid groups is 1. The molecule has 3 atom stereocenters. The Morgan fingerprint density at radius 2 is 1.23 bits per heavy atom. The first-order valence-electron chi connectivity index (χ1n) is 16.4. The van der Waals surface area contributed by atoms with Crippen LogP contribution in [0.25, 0.3) is 0 Å². The Kier molecular flexibility index (Phi) is 23.0. The van der Waals surface area contributed by atoms with E-state index in [4.69, 9.17) is 14.0 Å². The smallest absolute Gasteiger partial charge is 0.333 e. The zero-order chi connectivity index (χ0) is 32.7. The van der Waals surface area contributed by atoms with Crippen LogP contribution in [0, 0.1) is 0 Å². The summed E-state index contributed by atoms with van der Waals surface area (Å²) in [6, 6.07) is 0. The normalized spacial score (nSPS) is 14.5. The molecule has 0 heterocycles. The van der Waals surface area contributed by atoms with E-state index in [-0.39, 0.29) is 37.1 Å². The SMILES string of the molecule is C=C(C)C(=O)OC(CC(=C)C(=O)OCCCCCCCCCCCCCCCCCC)CC(C[N+](C)(C)C)OP(=O)([O-])O. The summed E-state index contributed by atoms with van der Waals surface area (Å²) in [6.45, 7) is 11.6. The molecule has 0 amide bonds. The maximum absolute atomic E-state index is 12.6. The minimum absolute atomic E-state index is 0.0671. The van der Waals surface area contributed by atoms with E-state index < -0.39 is 32.0 Å². The summed E-state index contributed by atoms with van der Waals surface area (Å²) in [5.41, 5.74) is 0.261. The highest BCUT2D eigenvalue weighted by atomic mass is 31.2. The van der Waals surface area contributed by atoms with E-state index >= 15 is 0 Å². The maximum atomic E-state index is 12.6. The van der Waals surface area contributed by atoms with Crippen LogP contribution in [0.1, 0.15) is 129 Å². The molecular formula is C33H62NO8P. The molecule has 3 unspecified atom stereocenters. The van der Waals surface area contributed by atoms with E-state index in [1.165, 1.54) is 90.4 Å². The van der Waals surface area contributed by atoms with Crippen molar-refractivity contribution in [2.75, 3.05) is 34.3 Å². The topological polar surface area (TPSA) is 122 Å². The Labute approximate surface area is 262 Å². The van der Waals surface area contributed by atoms with Crippen molar-refractivity contribution in [3.05, 3.63) is 24.3 Å². The lowest BCUT2D eigenvalue weighted by Gasteiger charge is -2.33. The van der Waals surface area contributed by atoms with Crippen molar-refractivity contribution in [1.29, 1.82) is 0 Å². The molecule has 0 bridgehead atoms. The van der Waals surface area contributed by atoms with Gasteiger partial charge >= 0.3 is 11.9 Å². The van der Waals surface area contributed by atoms with Gasteiger partial charge in [0.15, 0.2) is 0 Å². The molecule has 0 spiro atoms. The van der Waals surface area contributed by atoms with Gasteiger partial charge in [0.25, 0.3) is 7.82 Å². The monoisotopic (exact) mass is 631 g/mol. The average molecular weight is 632 g/mol. The Bertz CT molecular complexity index is 848. The largest absolute Gasteiger partial charge is 0.756 e. The van der Waals surface area contributed by atoms with Crippen molar-refractivity contribution in [2.24, 2.45) is 0 Å². The van der Waals surface area contributed by atoms with Crippen LogP contribution < -0.4 is 4.89 Å². The summed E-state index contributed by atoms with van der Waals surface area (Å²) in [7, 11) is 0.435. The summed E-state index contributed by atoms with van der Waals surface area (Å²) in [6.07, 6.45) is 18.1. The van der Waals surface area contributed by atoms with Gasteiger partial charge in [0.1, 0.15) is 18.8 Å². The summed E-state index contributed by atoms with van der Waals surface area (Å²) in [5, 5.41) is 0. The van der Waals surface area contributed by atoms with Crippen molar-refractivity contribution >= 4 is 19.8 Å². The van der Waals surface area contributed by atoms with Gasteiger partial charge in [0, 0.05) is 24.0 Å². The molecule has 10 heteroatoms. The van der Waals surface area contributed by atoms with Gasteiger partial charge in [-0.2, -0.15) is 0 Å². The lowest BCUT2D eigenvalue weighted by Crippen LogP contribution is -2.44. The first-order valence-corrected chi connectivity index (χ1v) is 17.9. The van der Waals surface area contributed by atoms with Crippen LogP contribution in [-0.2, 0) is 28.2 Å². The van der Waals surface area contributed by atoms with Crippen molar-refractivity contribution in [3.63, 3.8) is 0 Å². The molecule has 0 aliphatic heterocycles. The third-order valence-corrected chi connectivity index (χ3v) is 7.74. The Morgan fingerprint density at radius 3 is 1.63 bits per heavy atom. The Hall–Kier alpha value is -1.51. The molecule has 0 rings (SSSR count). The fourth-order valence-electron chi connectivity index (χ4n) is 4.94. The molecule has 252 valence electrons. The molecule has 0 aromatic heterocycles. The Morgan fingerprint density at radius 1 is 0.791 bits per heavy atom. The average Bonchev–Trinajstić information content (AvgIpc) is 2.88. The quantitative estimate of drug-likeness (QED) is 0.0317. The molecule has 0 saturated carbocycles. The van der Waals surface area contributed by atoms with Crippen molar-refractivity contribution in [1.82, 2.24) is 0 Å². The van der Waals surface area contributed by atoms with Crippen LogP contribution >= 0.6 is 7.82 Å². The molecule has 0 aliphatic carbocycles. The molecular weight excluding hydrogens is 569 g/mol. The number of likely N-dealkylation sites (N-methyl/N-ethyl adjacent to an activating group) is 1. The van der Waals surface area contributed by atoms with Gasteiger partial charge in [-0.25, -0.2) is 9.59 Å². The second-order valence-corrected chi connectivity index (χ2v) is 14.1. The molecule has 0 saturated heterocycles. The summed E-state index contributed by atoms with van der Waals surface area (Å²) >= 11 is 0. The predicted molar refractivity (Wildman–Crippen MR) is 171 cm³/mol. The predicted octanol–water partition coefficient (Wildman–Crippen LogP) is 7.17. The number of unbranched alkanes of at least 4 members (excludes halogenated alkanes) is 15. The van der Waals surface area contributed by atoms with Crippen LogP contribution in [-0.4, -0.2) is 67.8 Å². The number of ether oxygens (including phenoxy) is 2. The molecule has 9 nitrogen and oxygen atoms in total. The molecule has 0 fully saturated rings. The fraction of sp³-hybridized carbons (Fsp3) is 0.818. The maximum Gasteiger partial charge on any atom is 0.333 e. The van der Waals surface area contributed by atoms with Crippen LogP contribution in [0.15, 0.2) is 24.3 Å². The molecule has 0 aromatic rings. The van der Waals surface area contributed by atoms with E-state index in [2.05, 4.69) is 20.1 Å². The van der Waals surface area contributed by atoms with Gasteiger partial charge in [0.05, 0.1) is 27.7 Å². The van der Waals surface area contributed by atoms with Gasteiger partial charge < -0.3 is 28.3 Å². The minimum Gasteiger partial charge on any atom is -0.756 e. The van der Waals surface area contributed by atoms with Crippen LogP contribution in [0.5, 0.6) is 0 Å². The van der Waals surface area contributed by atoms with Crippen LogP contribution in [0.3, 0.4) is 0 Å². The number of hydrogen-bond acceptors (Lipinski definition) is 7. The van der Waals surface area contributed by atoms with Crippen LogP contribution in [0.4, 0.5) is 0 Å². The lowest BCUT2D eigenvalue weighted by atomic mass is 10.0. The summed E-state index contributed by atoms with van der Waals surface area (Å²) < 4.78 is 27.5. The van der Waals surface area contributed by atoms with Gasteiger partial charge in [-0.05, 0) is 13.3 Å². The number of quaternary nitrogens is 1. The van der Waals surface area contributed by atoms with E-state index in [1.807, 2.05) is 21.1 Å². The first kappa shape index (κ1) is 41.5. The summed E-state index contributed by atoms with van der Waals surface area (Å²) in [5.74, 6) is -1.27. The number of carbonyl (C=O) groups is 2. The number of hydrogen-bond donors (Lipinski definition) is 1. The number of carbonyl (C=O) groups excluding carboxylic acids is 2. The number of nitrogens with zero attached hydrogens (tertiary/aromatic N) is 1. The molecule has 1 N–H and O–H groups in total.